The van der Waals surface area contributed by atoms with Crippen molar-refractivity contribution in [1.29, 1.82) is 0 Å². The van der Waals surface area contributed by atoms with Crippen molar-refractivity contribution in [3.8, 4) is 0 Å². The second-order valence-electron chi connectivity index (χ2n) is 3.31. The fourth-order valence-electron chi connectivity index (χ4n) is 1.12. The summed E-state index contributed by atoms with van der Waals surface area (Å²) in [5.74, 6) is -0.213. The van der Waals surface area contributed by atoms with Crippen LogP contribution < -0.4 is 5.32 Å². The smallest absolute Gasteiger partial charge is 0.166 e. The van der Waals surface area contributed by atoms with Crippen LogP contribution >= 0.6 is 11.6 Å². The van der Waals surface area contributed by atoms with Crippen molar-refractivity contribution in [2.75, 3.05) is 19.0 Å². The van der Waals surface area contributed by atoms with E-state index in [1.807, 2.05) is 6.92 Å². The molecule has 84 valence electrons. The van der Waals surface area contributed by atoms with Crippen LogP contribution in [0.5, 0.6) is 0 Å². The van der Waals surface area contributed by atoms with Crippen LogP contribution in [0.1, 0.15) is 13.3 Å². The maximum atomic E-state index is 13.3. The largest absolute Gasteiger partial charge is 0.385 e. The Morgan fingerprint density at radius 1 is 1.67 bits per heavy atom. The minimum absolute atomic E-state index is 0.105. The molecule has 3 nitrogen and oxygen atoms in total. The van der Waals surface area contributed by atoms with Crippen LogP contribution in [0, 0.1) is 5.82 Å². The molecule has 0 aliphatic heterocycles. The maximum Gasteiger partial charge on any atom is 0.166 e. The van der Waals surface area contributed by atoms with Crippen LogP contribution in [0.25, 0.3) is 0 Å². The fraction of sp³-hybridized carbons (Fsp3) is 0.500. The van der Waals surface area contributed by atoms with E-state index in [4.69, 9.17) is 16.3 Å². The molecule has 1 aromatic heterocycles. The Hall–Kier alpha value is -0.870. The van der Waals surface area contributed by atoms with Gasteiger partial charge in [0.25, 0.3) is 0 Å². The zero-order valence-corrected chi connectivity index (χ0v) is 9.51. The Morgan fingerprint density at radius 2 is 2.40 bits per heavy atom. The van der Waals surface area contributed by atoms with Gasteiger partial charge in [0, 0.05) is 26.0 Å². The van der Waals surface area contributed by atoms with Gasteiger partial charge in [0.05, 0.1) is 5.02 Å². The van der Waals surface area contributed by atoms with E-state index in [0.29, 0.717) is 11.6 Å². The normalized spacial score (nSPS) is 12.5. The van der Waals surface area contributed by atoms with Crippen LogP contribution in [-0.2, 0) is 4.74 Å². The van der Waals surface area contributed by atoms with Crippen molar-refractivity contribution in [2.45, 2.75) is 19.4 Å². The van der Waals surface area contributed by atoms with Gasteiger partial charge in [-0.2, -0.15) is 0 Å². The topological polar surface area (TPSA) is 34.1 Å². The lowest BCUT2D eigenvalue weighted by molar-refractivity contribution is 0.191. The van der Waals surface area contributed by atoms with E-state index in [-0.39, 0.29) is 11.9 Å². The molecular formula is C10H14ClFN2O. The summed E-state index contributed by atoms with van der Waals surface area (Å²) in [7, 11) is 1.63. The van der Waals surface area contributed by atoms with Gasteiger partial charge in [-0.05, 0) is 19.4 Å². The Balaban J connectivity index is 2.56. The molecule has 0 fully saturated rings. The number of anilines is 1. The van der Waals surface area contributed by atoms with Gasteiger partial charge in [-0.3, -0.25) is 0 Å². The fourth-order valence-corrected chi connectivity index (χ4v) is 1.27. The highest BCUT2D eigenvalue weighted by Gasteiger charge is 2.07. The van der Waals surface area contributed by atoms with Gasteiger partial charge in [0.2, 0.25) is 0 Å². The molecule has 1 atom stereocenters. The van der Waals surface area contributed by atoms with Crippen LogP contribution in [-0.4, -0.2) is 24.7 Å². The number of ether oxygens (including phenoxy) is 1. The lowest BCUT2D eigenvalue weighted by atomic mass is 10.2. The van der Waals surface area contributed by atoms with E-state index in [9.17, 15) is 4.39 Å². The van der Waals surface area contributed by atoms with E-state index >= 15 is 0 Å². The Bertz CT molecular complexity index is 322. The number of rotatable bonds is 5. The molecule has 0 saturated carbocycles. The molecule has 1 aromatic rings. The molecule has 0 aromatic carbocycles. The number of aromatic nitrogens is 1. The van der Waals surface area contributed by atoms with Crippen molar-refractivity contribution >= 4 is 17.4 Å². The number of pyridine rings is 1. The number of halogens is 2. The van der Waals surface area contributed by atoms with Crippen molar-refractivity contribution in [3.05, 3.63) is 23.1 Å². The van der Waals surface area contributed by atoms with Gasteiger partial charge in [-0.15, -0.1) is 0 Å². The minimum atomic E-state index is -0.438. The van der Waals surface area contributed by atoms with Gasteiger partial charge in [0.1, 0.15) is 0 Å². The van der Waals surface area contributed by atoms with Gasteiger partial charge in [-0.25, -0.2) is 9.37 Å². The molecule has 1 heterocycles. The summed E-state index contributed by atoms with van der Waals surface area (Å²) in [5, 5.41) is 3.24. The predicted molar refractivity (Wildman–Crippen MR) is 58.8 cm³/mol. The third kappa shape index (κ3) is 4.01. The van der Waals surface area contributed by atoms with E-state index in [1.165, 1.54) is 12.3 Å². The summed E-state index contributed by atoms with van der Waals surface area (Å²) in [5.41, 5.74) is 0. The Labute approximate surface area is 93.6 Å². The monoisotopic (exact) mass is 232 g/mol. The molecule has 0 bridgehead atoms. The lowest BCUT2D eigenvalue weighted by Gasteiger charge is -2.14. The number of methoxy groups -OCH3 is 1. The second-order valence-corrected chi connectivity index (χ2v) is 3.75. The lowest BCUT2D eigenvalue weighted by Crippen LogP contribution is -2.18. The third-order valence-corrected chi connectivity index (χ3v) is 2.15. The molecule has 0 saturated heterocycles. The molecule has 5 heteroatoms. The molecule has 0 radical (unpaired) electrons. The first-order chi connectivity index (χ1) is 7.13. The Kier molecular flexibility index (Phi) is 4.78. The maximum absolute atomic E-state index is 13.3. The zero-order chi connectivity index (χ0) is 11.3. The number of hydrogen-bond acceptors (Lipinski definition) is 3. The first-order valence-corrected chi connectivity index (χ1v) is 5.07. The SMILES string of the molecule is COCCC(C)Nc1ncc(Cl)cc1F. The average molecular weight is 233 g/mol. The third-order valence-electron chi connectivity index (χ3n) is 1.95. The van der Waals surface area contributed by atoms with Gasteiger partial charge < -0.3 is 10.1 Å². The van der Waals surface area contributed by atoms with Crippen molar-refractivity contribution < 1.29 is 9.13 Å². The first-order valence-electron chi connectivity index (χ1n) is 4.70. The van der Waals surface area contributed by atoms with Crippen molar-refractivity contribution in [1.82, 2.24) is 4.98 Å². The number of nitrogens with one attached hydrogen (secondary N) is 1. The molecule has 0 aliphatic rings. The molecular weight excluding hydrogens is 219 g/mol. The molecule has 15 heavy (non-hydrogen) atoms. The molecule has 1 unspecified atom stereocenters. The second kappa shape index (κ2) is 5.88. The van der Waals surface area contributed by atoms with E-state index in [0.717, 1.165) is 6.42 Å². The van der Waals surface area contributed by atoms with Gasteiger partial charge in [0.15, 0.2) is 11.6 Å². The molecule has 1 rings (SSSR count). The highest BCUT2D eigenvalue weighted by molar-refractivity contribution is 6.30. The van der Waals surface area contributed by atoms with E-state index < -0.39 is 5.82 Å². The summed E-state index contributed by atoms with van der Waals surface area (Å²) >= 11 is 5.59. The summed E-state index contributed by atoms with van der Waals surface area (Å²) in [6.45, 7) is 2.57. The Morgan fingerprint density at radius 3 is 3.00 bits per heavy atom. The summed E-state index contributed by atoms with van der Waals surface area (Å²) < 4.78 is 18.2. The molecule has 1 N–H and O–H groups in total. The average Bonchev–Trinajstić information content (AvgIpc) is 2.19. The van der Waals surface area contributed by atoms with Gasteiger partial charge >= 0.3 is 0 Å². The quantitative estimate of drug-likeness (QED) is 0.848. The van der Waals surface area contributed by atoms with E-state index in [2.05, 4.69) is 10.3 Å². The molecule has 0 aliphatic carbocycles. The van der Waals surface area contributed by atoms with Crippen molar-refractivity contribution in [3.63, 3.8) is 0 Å². The highest BCUT2D eigenvalue weighted by atomic mass is 35.5. The minimum Gasteiger partial charge on any atom is -0.385 e. The van der Waals surface area contributed by atoms with Crippen LogP contribution in [0.4, 0.5) is 10.2 Å². The van der Waals surface area contributed by atoms with Crippen LogP contribution in [0.2, 0.25) is 5.02 Å². The standard InChI is InChI=1S/C10H14ClFN2O/c1-7(3-4-15-2)14-10-9(12)5-8(11)6-13-10/h5-7H,3-4H2,1-2H3,(H,13,14). The number of hydrogen-bond donors (Lipinski definition) is 1. The molecule has 0 amide bonds. The van der Waals surface area contributed by atoms with Crippen LogP contribution in [0.3, 0.4) is 0 Å². The number of nitrogens with zero attached hydrogens (tertiary/aromatic N) is 1. The predicted octanol–water partition coefficient (Wildman–Crippen LogP) is 2.71. The van der Waals surface area contributed by atoms with Gasteiger partial charge in [-0.1, -0.05) is 11.6 Å². The van der Waals surface area contributed by atoms with E-state index in [1.54, 1.807) is 7.11 Å². The summed E-state index contributed by atoms with van der Waals surface area (Å²) in [6.07, 6.45) is 2.20. The molecule has 0 spiro atoms. The summed E-state index contributed by atoms with van der Waals surface area (Å²) in [4.78, 5) is 3.87. The van der Waals surface area contributed by atoms with Crippen molar-refractivity contribution in [2.24, 2.45) is 0 Å². The highest BCUT2D eigenvalue weighted by Crippen LogP contribution is 2.16. The zero-order valence-electron chi connectivity index (χ0n) is 8.76. The van der Waals surface area contributed by atoms with Crippen LogP contribution in [0.15, 0.2) is 12.3 Å². The summed E-state index contributed by atoms with van der Waals surface area (Å²) in [6, 6.07) is 1.34. The first kappa shape index (κ1) is 12.2.